The highest BCUT2D eigenvalue weighted by atomic mass is 16.6. The van der Waals surface area contributed by atoms with Crippen LogP contribution in [-0.2, 0) is 28.5 Å². The van der Waals surface area contributed by atoms with Gasteiger partial charge in [-0.1, -0.05) is 104 Å². The van der Waals surface area contributed by atoms with E-state index in [1.165, 1.54) is 6.07 Å². The molecule has 0 aliphatic heterocycles. The van der Waals surface area contributed by atoms with Gasteiger partial charge in [0.05, 0.1) is 18.8 Å². The van der Waals surface area contributed by atoms with E-state index < -0.39 is 30.1 Å². The number of ether oxygens (including phenoxy) is 6. The molecule has 0 aliphatic rings. The van der Waals surface area contributed by atoms with Crippen molar-refractivity contribution in [2.24, 2.45) is 11.8 Å². The van der Waals surface area contributed by atoms with Crippen LogP contribution in [0.1, 0.15) is 103 Å². The van der Waals surface area contributed by atoms with E-state index in [4.69, 9.17) is 28.4 Å². The molecule has 55 heavy (non-hydrogen) atoms. The molecule has 1 N–H and O–H groups in total. The van der Waals surface area contributed by atoms with E-state index in [-0.39, 0.29) is 43.1 Å². The number of hydrogen-bond donors (Lipinski definition) is 1. The van der Waals surface area contributed by atoms with Crippen LogP contribution in [0.4, 0.5) is 0 Å². The minimum absolute atomic E-state index is 0.0292. The largest absolute Gasteiger partial charge is 0.488 e. The Balaban J connectivity index is 1.96. The lowest BCUT2D eigenvalue weighted by molar-refractivity contribution is -0.150. The molecule has 3 aromatic rings. The van der Waals surface area contributed by atoms with Gasteiger partial charge in [-0.25, -0.2) is 14.4 Å². The molecule has 0 aliphatic carbocycles. The summed E-state index contributed by atoms with van der Waals surface area (Å²) in [7, 11) is 0. The first-order chi connectivity index (χ1) is 26.4. The number of carbonyl (C=O) groups excluding carboxylic acids is 2. The highest BCUT2D eigenvalue weighted by Gasteiger charge is 2.24. The fourth-order valence-corrected chi connectivity index (χ4v) is 6.48. The zero-order valence-corrected chi connectivity index (χ0v) is 33.8. The molecule has 302 valence electrons. The number of esters is 2. The fraction of sp³-hybridized carbons (Fsp3) is 0.533. The van der Waals surface area contributed by atoms with E-state index in [0.29, 0.717) is 58.1 Å². The SMILES string of the molecule is C=C(C)C(=O)OC(COCCC(CC)CCC)COc1c2ccccc2c(OCC(COCCC(CC)CCC)OC(=O)C(=C)C)c2cc(C(=O)O)ccc12. The minimum Gasteiger partial charge on any atom is -0.488 e. The Labute approximate surface area is 327 Å². The topological polar surface area (TPSA) is 127 Å². The van der Waals surface area contributed by atoms with Crippen LogP contribution in [0.5, 0.6) is 11.5 Å². The maximum atomic E-state index is 12.7. The Kier molecular flexibility index (Phi) is 19.2. The number of fused-ring (bicyclic) bond motifs is 2. The first-order valence-corrected chi connectivity index (χ1v) is 19.8. The number of aromatic carboxylic acids is 1. The van der Waals surface area contributed by atoms with Crippen LogP contribution in [-0.4, -0.2) is 74.9 Å². The van der Waals surface area contributed by atoms with E-state index in [9.17, 15) is 19.5 Å². The Hall–Kier alpha value is -4.41. The lowest BCUT2D eigenvalue weighted by atomic mass is 9.98. The Morgan fingerprint density at radius 1 is 0.618 bits per heavy atom. The van der Waals surface area contributed by atoms with Crippen molar-refractivity contribution < 1.29 is 47.9 Å². The van der Waals surface area contributed by atoms with Crippen molar-refractivity contribution in [3.63, 3.8) is 0 Å². The maximum Gasteiger partial charge on any atom is 0.335 e. The summed E-state index contributed by atoms with van der Waals surface area (Å²) >= 11 is 0. The van der Waals surface area contributed by atoms with Gasteiger partial charge in [0.25, 0.3) is 0 Å². The summed E-state index contributed by atoms with van der Waals surface area (Å²) in [4.78, 5) is 37.5. The van der Waals surface area contributed by atoms with E-state index in [2.05, 4.69) is 40.9 Å². The van der Waals surface area contributed by atoms with Crippen molar-refractivity contribution in [1.82, 2.24) is 0 Å². The first-order valence-electron chi connectivity index (χ1n) is 19.8. The third-order valence-electron chi connectivity index (χ3n) is 9.74. The van der Waals surface area contributed by atoms with Gasteiger partial charge in [0.15, 0.2) is 12.2 Å². The quantitative estimate of drug-likeness (QED) is 0.0347. The summed E-state index contributed by atoms with van der Waals surface area (Å²) in [5, 5.41) is 12.4. The third-order valence-corrected chi connectivity index (χ3v) is 9.74. The summed E-state index contributed by atoms with van der Waals surface area (Å²) in [6.07, 6.45) is 6.93. The highest BCUT2D eigenvalue weighted by molar-refractivity contribution is 6.12. The normalized spacial score (nSPS) is 13.5. The van der Waals surface area contributed by atoms with Crippen LogP contribution in [0.2, 0.25) is 0 Å². The maximum absolute atomic E-state index is 12.7. The summed E-state index contributed by atoms with van der Waals surface area (Å²) < 4.78 is 36.5. The van der Waals surface area contributed by atoms with E-state index in [0.717, 1.165) is 51.4 Å². The van der Waals surface area contributed by atoms with Crippen LogP contribution >= 0.6 is 0 Å². The molecule has 3 aromatic carbocycles. The summed E-state index contributed by atoms with van der Waals surface area (Å²) in [5.41, 5.74) is 0.568. The van der Waals surface area contributed by atoms with Gasteiger partial charge in [0, 0.05) is 45.9 Å². The van der Waals surface area contributed by atoms with Crippen LogP contribution in [0.25, 0.3) is 21.5 Å². The average Bonchev–Trinajstić information content (AvgIpc) is 3.17. The third kappa shape index (κ3) is 14.0. The molecule has 4 unspecified atom stereocenters. The van der Waals surface area contributed by atoms with Crippen molar-refractivity contribution in [3.8, 4) is 11.5 Å². The predicted octanol–water partition coefficient (Wildman–Crippen LogP) is 9.89. The zero-order valence-electron chi connectivity index (χ0n) is 33.8. The van der Waals surface area contributed by atoms with Crippen LogP contribution < -0.4 is 9.47 Å². The summed E-state index contributed by atoms with van der Waals surface area (Å²) in [6, 6.07) is 12.2. The molecule has 0 saturated heterocycles. The van der Waals surface area contributed by atoms with Gasteiger partial charge < -0.3 is 33.5 Å². The molecule has 0 amide bonds. The molecule has 0 aromatic heterocycles. The van der Waals surface area contributed by atoms with Crippen LogP contribution in [0.15, 0.2) is 66.8 Å². The van der Waals surface area contributed by atoms with E-state index in [1.54, 1.807) is 26.0 Å². The van der Waals surface area contributed by atoms with Crippen molar-refractivity contribution in [2.75, 3.05) is 39.6 Å². The molecule has 10 heteroatoms. The van der Waals surface area contributed by atoms with Gasteiger partial charge in [0.1, 0.15) is 24.7 Å². The summed E-state index contributed by atoms with van der Waals surface area (Å²) in [5.74, 6) is -0.216. The molecular formula is C45H62O10. The van der Waals surface area contributed by atoms with E-state index in [1.807, 2.05) is 24.3 Å². The molecule has 10 nitrogen and oxygen atoms in total. The first kappa shape index (κ1) is 45.0. The predicted molar refractivity (Wildman–Crippen MR) is 217 cm³/mol. The Bertz CT molecular complexity index is 1730. The molecule has 3 rings (SSSR count). The molecule has 4 atom stereocenters. The second-order valence-corrected chi connectivity index (χ2v) is 14.4. The Morgan fingerprint density at radius 2 is 1.05 bits per heavy atom. The standard InChI is InChI=1S/C45H62O10/c1-9-15-32(11-3)21-23-50-26-35(54-44(48)30(5)6)28-52-41-37-17-13-14-18-38(37)42(40-25-34(43(46)47)19-20-39(40)41)53-29-36(55-45(49)31(7)8)27-51-24-22-33(12-4)16-10-2/h13-14,17-20,25,32-33,35-36H,5,7,9-12,15-16,21-24,26-29H2,1-4,6,8H3,(H,46,47). The van der Waals surface area contributed by atoms with Crippen LogP contribution in [0, 0.1) is 11.8 Å². The highest BCUT2D eigenvalue weighted by Crippen LogP contribution is 2.43. The smallest absolute Gasteiger partial charge is 0.335 e. The average molecular weight is 763 g/mol. The number of benzene rings is 3. The van der Waals surface area contributed by atoms with Gasteiger partial charge >= 0.3 is 17.9 Å². The lowest BCUT2D eigenvalue weighted by Crippen LogP contribution is -2.31. The van der Waals surface area contributed by atoms with Crippen LogP contribution in [0.3, 0.4) is 0 Å². The molecule has 0 fully saturated rings. The van der Waals surface area contributed by atoms with Crippen molar-refractivity contribution in [1.29, 1.82) is 0 Å². The number of rotatable bonds is 27. The second kappa shape index (κ2) is 23.5. The van der Waals surface area contributed by atoms with E-state index >= 15 is 0 Å². The summed E-state index contributed by atoms with van der Waals surface area (Å²) in [6.45, 7) is 20.5. The second-order valence-electron chi connectivity index (χ2n) is 14.4. The Morgan fingerprint density at radius 3 is 1.45 bits per heavy atom. The van der Waals surface area contributed by atoms with Gasteiger partial charge in [-0.15, -0.1) is 0 Å². The monoisotopic (exact) mass is 762 g/mol. The van der Waals surface area contributed by atoms with Crippen molar-refractivity contribution >= 4 is 39.5 Å². The van der Waals surface area contributed by atoms with Crippen molar-refractivity contribution in [3.05, 3.63) is 72.3 Å². The van der Waals surface area contributed by atoms with Crippen molar-refractivity contribution in [2.45, 2.75) is 105 Å². The van der Waals surface area contributed by atoms with Gasteiger partial charge in [-0.3, -0.25) is 0 Å². The number of hydrogen-bond acceptors (Lipinski definition) is 9. The lowest BCUT2D eigenvalue weighted by Gasteiger charge is -2.23. The van der Waals surface area contributed by atoms with Gasteiger partial charge in [-0.05, 0) is 56.7 Å². The molecule has 0 spiro atoms. The zero-order chi connectivity index (χ0) is 40.3. The minimum atomic E-state index is -1.10. The molecule has 0 heterocycles. The number of carboxylic acids is 1. The molecule has 0 bridgehead atoms. The van der Waals surface area contributed by atoms with Gasteiger partial charge in [0.2, 0.25) is 0 Å². The van der Waals surface area contributed by atoms with Gasteiger partial charge in [-0.2, -0.15) is 0 Å². The number of carboxylic acid groups (broad SMARTS) is 1. The molecule has 0 saturated carbocycles. The number of carbonyl (C=O) groups is 3. The molecule has 0 radical (unpaired) electrons. The fourth-order valence-electron chi connectivity index (χ4n) is 6.48. The molecular weight excluding hydrogens is 700 g/mol.